The fourth-order valence-electron chi connectivity index (χ4n) is 2.22. The predicted molar refractivity (Wildman–Crippen MR) is 95.0 cm³/mol. The van der Waals surface area contributed by atoms with Crippen molar-refractivity contribution < 1.29 is 28.7 Å². The summed E-state index contributed by atoms with van der Waals surface area (Å²) in [6.45, 7) is -0.814. The lowest BCUT2D eigenvalue weighted by Gasteiger charge is -2.26. The van der Waals surface area contributed by atoms with E-state index in [1.54, 1.807) is 18.2 Å². The van der Waals surface area contributed by atoms with Crippen molar-refractivity contribution in [2.24, 2.45) is 0 Å². The van der Waals surface area contributed by atoms with Gasteiger partial charge in [0.15, 0.2) is 0 Å². The number of carbonyl (C=O) groups is 4. The number of hydrogen-bond donors (Lipinski definition) is 1. The van der Waals surface area contributed by atoms with Crippen molar-refractivity contribution in [2.45, 2.75) is 16.6 Å². The van der Waals surface area contributed by atoms with Crippen molar-refractivity contribution in [1.29, 1.82) is 0 Å². The third-order valence-corrected chi connectivity index (χ3v) is 5.08. The van der Waals surface area contributed by atoms with Gasteiger partial charge in [-0.3, -0.25) is 19.2 Å². The zero-order valence-electron chi connectivity index (χ0n) is 14.1. The number of nitrogens with zero attached hydrogens (tertiary/aromatic N) is 1. The van der Waals surface area contributed by atoms with E-state index >= 15 is 0 Å². The van der Waals surface area contributed by atoms with E-state index in [0.29, 0.717) is 10.7 Å². The zero-order valence-corrected chi connectivity index (χ0v) is 15.7. The number of nitrogens with one attached hydrogen (secondary N) is 1. The number of fused-ring (bicyclic) bond motifs is 1. The van der Waals surface area contributed by atoms with Crippen LogP contribution in [0.2, 0.25) is 5.02 Å². The Hall–Kier alpha value is -2.26. The first kappa shape index (κ1) is 20.1. The molecule has 0 bridgehead atoms. The van der Waals surface area contributed by atoms with Crippen LogP contribution in [0, 0.1) is 0 Å². The molecule has 0 saturated heterocycles. The van der Waals surface area contributed by atoms with Gasteiger partial charge in [0.1, 0.15) is 13.1 Å². The largest absolute Gasteiger partial charge is 0.468 e. The number of methoxy groups -OCH3 is 2. The molecule has 8 nitrogen and oxygen atoms in total. The molecule has 1 aliphatic rings. The first-order valence-electron chi connectivity index (χ1n) is 7.52. The molecule has 0 saturated carbocycles. The summed E-state index contributed by atoms with van der Waals surface area (Å²) in [6.07, 6.45) is -0.188. The van der Waals surface area contributed by atoms with Crippen molar-refractivity contribution in [2.75, 3.05) is 32.6 Å². The molecule has 1 heterocycles. The van der Waals surface area contributed by atoms with Gasteiger partial charge in [-0.15, -0.1) is 11.8 Å². The van der Waals surface area contributed by atoms with Crippen LogP contribution in [-0.4, -0.2) is 61.2 Å². The second kappa shape index (κ2) is 8.91. The van der Waals surface area contributed by atoms with Gasteiger partial charge < -0.3 is 19.7 Å². The molecule has 0 aliphatic carbocycles. The Morgan fingerprint density at radius 3 is 2.38 bits per heavy atom. The van der Waals surface area contributed by atoms with Crippen molar-refractivity contribution >= 4 is 52.8 Å². The quantitative estimate of drug-likeness (QED) is 0.718. The summed E-state index contributed by atoms with van der Waals surface area (Å²) in [5.41, 5.74) is 0.581. The number of amides is 2. The number of thioether (sulfide) groups is 1. The molecule has 0 radical (unpaired) electrons. The molecule has 1 unspecified atom stereocenters. The number of benzene rings is 1. The zero-order chi connectivity index (χ0) is 19.3. The van der Waals surface area contributed by atoms with Crippen LogP contribution >= 0.6 is 23.4 Å². The van der Waals surface area contributed by atoms with Gasteiger partial charge >= 0.3 is 11.9 Å². The molecule has 10 heteroatoms. The molecule has 0 aromatic heterocycles. The minimum Gasteiger partial charge on any atom is -0.468 e. The number of halogens is 1. The molecule has 2 rings (SSSR count). The van der Waals surface area contributed by atoms with Crippen LogP contribution in [0.25, 0.3) is 0 Å². The number of anilines is 1. The Morgan fingerprint density at radius 2 is 1.81 bits per heavy atom. The molecule has 26 heavy (non-hydrogen) atoms. The number of rotatable bonds is 6. The van der Waals surface area contributed by atoms with Gasteiger partial charge in [0.25, 0.3) is 0 Å². The Labute approximate surface area is 159 Å². The molecule has 1 aromatic carbocycles. The summed E-state index contributed by atoms with van der Waals surface area (Å²) < 4.78 is 9.07. The van der Waals surface area contributed by atoms with E-state index < -0.39 is 36.2 Å². The van der Waals surface area contributed by atoms with Crippen molar-refractivity contribution in [3.05, 3.63) is 23.2 Å². The molecule has 1 aromatic rings. The Balaban J connectivity index is 2.09. The first-order valence-corrected chi connectivity index (χ1v) is 8.78. The Bertz CT molecular complexity index is 723. The molecule has 0 fully saturated rings. The van der Waals surface area contributed by atoms with E-state index in [2.05, 4.69) is 14.8 Å². The topological polar surface area (TPSA) is 102 Å². The van der Waals surface area contributed by atoms with Crippen LogP contribution in [-0.2, 0) is 28.7 Å². The van der Waals surface area contributed by atoms with Gasteiger partial charge in [-0.2, -0.15) is 0 Å². The highest BCUT2D eigenvalue weighted by atomic mass is 35.5. The van der Waals surface area contributed by atoms with Crippen LogP contribution in [0.15, 0.2) is 23.1 Å². The minimum atomic E-state index is -0.700. The molecule has 0 spiro atoms. The maximum absolute atomic E-state index is 12.5. The van der Waals surface area contributed by atoms with Gasteiger partial charge in [0.2, 0.25) is 11.8 Å². The van der Waals surface area contributed by atoms with E-state index in [9.17, 15) is 19.2 Å². The van der Waals surface area contributed by atoms with Gasteiger partial charge in [0.05, 0.1) is 25.2 Å². The summed E-state index contributed by atoms with van der Waals surface area (Å²) in [6, 6.07) is 5.06. The van der Waals surface area contributed by atoms with Crippen molar-refractivity contribution in [3.63, 3.8) is 0 Å². The summed E-state index contributed by atoms with van der Waals surface area (Å²) in [7, 11) is 2.35. The van der Waals surface area contributed by atoms with E-state index in [4.69, 9.17) is 11.6 Å². The molecular weight excluding hydrogens is 384 g/mol. The Kier molecular flexibility index (Phi) is 6.87. The van der Waals surface area contributed by atoms with E-state index in [1.165, 1.54) is 26.0 Å². The standard InChI is InChI=1S/C16H17ClN2O6S/c1-24-14(21)7-19(8-15(22)25-2)13(20)6-12-16(23)18-10-5-9(17)3-4-11(10)26-12/h3-5,12H,6-8H2,1-2H3,(H,18,23). The molecule has 1 atom stereocenters. The molecular formula is C16H17ClN2O6S. The minimum absolute atomic E-state index is 0.188. The first-order chi connectivity index (χ1) is 12.3. The SMILES string of the molecule is COC(=O)CN(CC(=O)OC)C(=O)CC1Sc2ccc(Cl)cc2NC1=O. The van der Waals surface area contributed by atoms with Crippen molar-refractivity contribution in [3.8, 4) is 0 Å². The van der Waals surface area contributed by atoms with Crippen LogP contribution in [0.1, 0.15) is 6.42 Å². The average molecular weight is 401 g/mol. The third-order valence-electron chi connectivity index (χ3n) is 3.57. The fourth-order valence-corrected chi connectivity index (χ4v) is 3.47. The Morgan fingerprint density at radius 1 is 1.19 bits per heavy atom. The second-order valence-electron chi connectivity index (χ2n) is 5.34. The number of ether oxygens (including phenoxy) is 2. The van der Waals surface area contributed by atoms with E-state index in [-0.39, 0.29) is 12.3 Å². The lowest BCUT2D eigenvalue weighted by molar-refractivity contribution is -0.152. The lowest BCUT2D eigenvalue weighted by atomic mass is 10.2. The molecule has 140 valence electrons. The second-order valence-corrected chi connectivity index (χ2v) is 7.02. The maximum atomic E-state index is 12.5. The van der Waals surface area contributed by atoms with Gasteiger partial charge in [-0.05, 0) is 18.2 Å². The van der Waals surface area contributed by atoms with Crippen LogP contribution in [0.3, 0.4) is 0 Å². The van der Waals surface area contributed by atoms with E-state index in [0.717, 1.165) is 9.80 Å². The number of esters is 2. The van der Waals surface area contributed by atoms with Gasteiger partial charge in [-0.1, -0.05) is 11.6 Å². The smallest absolute Gasteiger partial charge is 0.325 e. The monoisotopic (exact) mass is 400 g/mol. The maximum Gasteiger partial charge on any atom is 0.325 e. The summed E-state index contributed by atoms with van der Waals surface area (Å²) in [5, 5.41) is 2.49. The molecule has 1 aliphatic heterocycles. The summed E-state index contributed by atoms with van der Waals surface area (Å²) in [4.78, 5) is 49.5. The predicted octanol–water partition coefficient (Wildman–Crippen LogP) is 1.32. The van der Waals surface area contributed by atoms with Gasteiger partial charge in [0, 0.05) is 16.3 Å². The average Bonchev–Trinajstić information content (AvgIpc) is 2.61. The highest BCUT2D eigenvalue weighted by Gasteiger charge is 2.32. The fraction of sp³-hybridized carbons (Fsp3) is 0.375. The highest BCUT2D eigenvalue weighted by molar-refractivity contribution is 8.01. The summed E-state index contributed by atoms with van der Waals surface area (Å²) >= 11 is 7.12. The van der Waals surface area contributed by atoms with Crippen LogP contribution < -0.4 is 5.32 Å². The van der Waals surface area contributed by atoms with Crippen LogP contribution in [0.4, 0.5) is 5.69 Å². The lowest BCUT2D eigenvalue weighted by Crippen LogP contribution is -2.43. The highest BCUT2D eigenvalue weighted by Crippen LogP contribution is 2.38. The molecule has 2 amide bonds. The van der Waals surface area contributed by atoms with E-state index in [1.807, 2.05) is 0 Å². The number of carbonyl (C=O) groups excluding carboxylic acids is 4. The third kappa shape index (κ3) is 5.12. The number of hydrogen-bond acceptors (Lipinski definition) is 7. The van der Waals surface area contributed by atoms with Crippen molar-refractivity contribution in [1.82, 2.24) is 4.90 Å². The summed E-state index contributed by atoms with van der Waals surface area (Å²) in [5.74, 6) is -2.24. The van der Waals surface area contributed by atoms with Crippen LogP contribution in [0.5, 0.6) is 0 Å². The molecule has 1 N–H and O–H groups in total. The normalized spacial score (nSPS) is 15.5. The van der Waals surface area contributed by atoms with Gasteiger partial charge in [-0.25, -0.2) is 0 Å².